The Morgan fingerprint density at radius 2 is 2.05 bits per heavy atom. The van der Waals surface area contributed by atoms with Gasteiger partial charge in [0.1, 0.15) is 0 Å². The molecule has 1 rings (SSSR count). The second kappa shape index (κ2) is 8.25. The molecule has 3 N–H and O–H groups in total. The molecule has 3 unspecified atom stereocenters. The van der Waals surface area contributed by atoms with Gasteiger partial charge >= 0.3 is 0 Å². The van der Waals surface area contributed by atoms with E-state index in [-0.39, 0.29) is 29.8 Å². The molecule has 0 radical (unpaired) electrons. The zero-order chi connectivity index (χ0) is 15.1. The maximum Gasteiger partial charge on any atom is 0.225 e. The molecule has 2 amide bonds. The van der Waals surface area contributed by atoms with Crippen molar-refractivity contribution in [3.05, 3.63) is 0 Å². The highest BCUT2D eigenvalue weighted by atomic mass is 16.2. The summed E-state index contributed by atoms with van der Waals surface area (Å²) in [7, 11) is 0. The second-order valence-electron chi connectivity index (χ2n) is 6.13. The third-order valence-corrected chi connectivity index (χ3v) is 3.86. The largest absolute Gasteiger partial charge is 0.352 e. The predicted octanol–water partition coefficient (Wildman–Crippen LogP) is 1.27. The van der Waals surface area contributed by atoms with E-state index >= 15 is 0 Å². The summed E-state index contributed by atoms with van der Waals surface area (Å²) in [5, 5.41) is 2.91. The molecule has 0 aromatic rings. The van der Waals surface area contributed by atoms with E-state index < -0.39 is 0 Å². The first-order valence-corrected chi connectivity index (χ1v) is 7.71. The molecule has 0 spiro atoms. The smallest absolute Gasteiger partial charge is 0.225 e. The highest BCUT2D eigenvalue weighted by Gasteiger charge is 2.26. The lowest BCUT2D eigenvalue weighted by molar-refractivity contribution is -0.137. The number of carbonyl (C=O) groups is 2. The third-order valence-electron chi connectivity index (χ3n) is 3.86. The van der Waals surface area contributed by atoms with Crippen LogP contribution >= 0.6 is 0 Å². The Balaban J connectivity index is 2.39. The number of nitrogens with zero attached hydrogens (tertiary/aromatic N) is 1. The highest BCUT2D eigenvalue weighted by Crippen LogP contribution is 2.17. The summed E-state index contributed by atoms with van der Waals surface area (Å²) in [6.45, 7) is 6.97. The molecule has 1 aliphatic rings. The van der Waals surface area contributed by atoms with E-state index in [9.17, 15) is 9.59 Å². The first-order valence-electron chi connectivity index (χ1n) is 7.71. The van der Waals surface area contributed by atoms with Crippen LogP contribution in [0.15, 0.2) is 0 Å². The average molecular weight is 283 g/mol. The molecule has 0 aliphatic carbocycles. The lowest BCUT2D eigenvalue weighted by Gasteiger charge is -2.34. The van der Waals surface area contributed by atoms with Crippen molar-refractivity contribution in [2.24, 2.45) is 11.7 Å². The number of likely N-dealkylation sites (tertiary alicyclic amines) is 1. The van der Waals surface area contributed by atoms with Crippen molar-refractivity contribution in [1.82, 2.24) is 10.2 Å². The minimum atomic E-state index is -0.0192. The highest BCUT2D eigenvalue weighted by molar-refractivity contribution is 5.79. The molecule has 20 heavy (non-hydrogen) atoms. The van der Waals surface area contributed by atoms with Crippen LogP contribution in [0.3, 0.4) is 0 Å². The summed E-state index contributed by atoms with van der Waals surface area (Å²) in [5.74, 6) is 0.240. The van der Waals surface area contributed by atoms with Gasteiger partial charge in [-0.25, -0.2) is 0 Å². The summed E-state index contributed by atoms with van der Waals surface area (Å²) in [6.07, 6.45) is 4.77. The fourth-order valence-corrected chi connectivity index (χ4v) is 2.76. The van der Waals surface area contributed by atoms with Crippen molar-refractivity contribution in [2.75, 3.05) is 13.1 Å². The second-order valence-corrected chi connectivity index (χ2v) is 6.13. The Kier molecular flexibility index (Phi) is 6.99. The molecule has 1 heterocycles. The third kappa shape index (κ3) is 5.90. The van der Waals surface area contributed by atoms with E-state index in [4.69, 9.17) is 5.73 Å². The SMILES string of the molecule is CC(=O)NC1CCCN(C(=O)C(C)CCCC(C)N)C1. The molecule has 116 valence electrons. The molecule has 1 fully saturated rings. The monoisotopic (exact) mass is 283 g/mol. The van der Waals surface area contributed by atoms with Gasteiger partial charge in [-0.05, 0) is 32.6 Å². The number of nitrogens with one attached hydrogen (secondary N) is 1. The fourth-order valence-electron chi connectivity index (χ4n) is 2.76. The quantitative estimate of drug-likeness (QED) is 0.770. The molecule has 5 heteroatoms. The predicted molar refractivity (Wildman–Crippen MR) is 80.1 cm³/mol. The summed E-state index contributed by atoms with van der Waals surface area (Å²) < 4.78 is 0. The molecule has 0 saturated carbocycles. The summed E-state index contributed by atoms with van der Waals surface area (Å²) in [6, 6.07) is 0.317. The van der Waals surface area contributed by atoms with Crippen LogP contribution in [0.25, 0.3) is 0 Å². The van der Waals surface area contributed by atoms with Gasteiger partial charge in [-0.15, -0.1) is 0 Å². The number of hydrogen-bond acceptors (Lipinski definition) is 3. The zero-order valence-corrected chi connectivity index (χ0v) is 13.0. The van der Waals surface area contributed by atoms with E-state index in [0.29, 0.717) is 6.54 Å². The summed E-state index contributed by atoms with van der Waals surface area (Å²) in [5.41, 5.74) is 5.73. The van der Waals surface area contributed by atoms with Crippen molar-refractivity contribution >= 4 is 11.8 Å². The van der Waals surface area contributed by atoms with Crippen LogP contribution in [0.5, 0.6) is 0 Å². The normalized spacial score (nSPS) is 22.2. The maximum atomic E-state index is 12.4. The minimum absolute atomic E-state index is 0.0192. The number of rotatable bonds is 6. The Labute approximate surface area is 122 Å². The van der Waals surface area contributed by atoms with Crippen molar-refractivity contribution in [3.63, 3.8) is 0 Å². The Morgan fingerprint density at radius 1 is 1.35 bits per heavy atom. The summed E-state index contributed by atoms with van der Waals surface area (Å²) in [4.78, 5) is 25.4. The number of nitrogens with two attached hydrogens (primary N) is 1. The van der Waals surface area contributed by atoms with Crippen LogP contribution in [0.1, 0.15) is 52.9 Å². The van der Waals surface area contributed by atoms with Gasteiger partial charge in [0.2, 0.25) is 11.8 Å². The molecule has 1 saturated heterocycles. The van der Waals surface area contributed by atoms with Crippen molar-refractivity contribution in [2.45, 2.75) is 65.0 Å². The molecule has 0 aromatic heterocycles. The number of carbonyl (C=O) groups excluding carboxylic acids is 2. The van der Waals surface area contributed by atoms with Crippen molar-refractivity contribution in [1.29, 1.82) is 0 Å². The first kappa shape index (κ1) is 17.0. The van der Waals surface area contributed by atoms with E-state index in [1.165, 1.54) is 6.92 Å². The van der Waals surface area contributed by atoms with Gasteiger partial charge in [0.25, 0.3) is 0 Å². The molecule has 0 aromatic carbocycles. The van der Waals surface area contributed by atoms with E-state index in [2.05, 4.69) is 5.32 Å². The average Bonchev–Trinajstić information content (AvgIpc) is 2.36. The van der Waals surface area contributed by atoms with Crippen LogP contribution < -0.4 is 11.1 Å². The van der Waals surface area contributed by atoms with Crippen LogP contribution in [0.2, 0.25) is 0 Å². The molecular weight excluding hydrogens is 254 g/mol. The topological polar surface area (TPSA) is 75.4 Å². The van der Waals surface area contributed by atoms with Crippen molar-refractivity contribution < 1.29 is 9.59 Å². The standard InChI is InChI=1S/C15H29N3O2/c1-11(6-4-7-12(2)16)15(20)18-9-5-8-14(10-18)17-13(3)19/h11-12,14H,4-10,16H2,1-3H3,(H,17,19). The summed E-state index contributed by atoms with van der Waals surface area (Å²) >= 11 is 0. The fraction of sp³-hybridized carbons (Fsp3) is 0.867. The van der Waals surface area contributed by atoms with Crippen LogP contribution in [0.4, 0.5) is 0 Å². The Hall–Kier alpha value is -1.10. The molecule has 3 atom stereocenters. The van der Waals surface area contributed by atoms with Gasteiger partial charge < -0.3 is 16.0 Å². The zero-order valence-electron chi connectivity index (χ0n) is 13.0. The maximum absolute atomic E-state index is 12.4. The number of amides is 2. The molecular formula is C15H29N3O2. The van der Waals surface area contributed by atoms with Gasteiger partial charge in [0.15, 0.2) is 0 Å². The van der Waals surface area contributed by atoms with E-state index in [1.54, 1.807) is 0 Å². The first-order chi connectivity index (χ1) is 9.40. The minimum Gasteiger partial charge on any atom is -0.352 e. The van der Waals surface area contributed by atoms with Gasteiger partial charge in [-0.1, -0.05) is 13.3 Å². The number of piperidine rings is 1. The molecule has 0 bridgehead atoms. The lowest BCUT2D eigenvalue weighted by Crippen LogP contribution is -2.50. The van der Waals surface area contributed by atoms with Crippen molar-refractivity contribution in [3.8, 4) is 0 Å². The van der Waals surface area contributed by atoms with Gasteiger partial charge in [-0.3, -0.25) is 9.59 Å². The van der Waals surface area contributed by atoms with Crippen LogP contribution in [-0.2, 0) is 9.59 Å². The van der Waals surface area contributed by atoms with Crippen LogP contribution in [0, 0.1) is 5.92 Å². The molecule has 5 nitrogen and oxygen atoms in total. The van der Waals surface area contributed by atoms with E-state index in [1.807, 2.05) is 18.7 Å². The van der Waals surface area contributed by atoms with Crippen LogP contribution in [-0.4, -0.2) is 41.9 Å². The van der Waals surface area contributed by atoms with Gasteiger partial charge in [0.05, 0.1) is 0 Å². The van der Waals surface area contributed by atoms with Gasteiger partial charge in [0, 0.05) is 38.0 Å². The lowest BCUT2D eigenvalue weighted by atomic mass is 9.98. The Morgan fingerprint density at radius 3 is 2.65 bits per heavy atom. The molecule has 1 aliphatic heterocycles. The Bertz CT molecular complexity index is 331. The van der Waals surface area contributed by atoms with E-state index in [0.717, 1.165) is 38.6 Å². The number of hydrogen-bond donors (Lipinski definition) is 2. The van der Waals surface area contributed by atoms with Gasteiger partial charge in [-0.2, -0.15) is 0 Å².